The normalized spacial score (nSPS) is 10.7. The van der Waals surface area contributed by atoms with E-state index >= 15 is 0 Å². The number of carbonyl (C=O) groups excluding carboxylic acids is 1. The second-order valence-electron chi connectivity index (χ2n) is 6.20. The molecule has 146 valence electrons. The number of thiophene rings is 1. The van der Waals surface area contributed by atoms with Gasteiger partial charge >= 0.3 is 6.03 Å². The minimum absolute atomic E-state index is 0.236. The first-order valence-corrected chi connectivity index (χ1v) is 10.7. The third-order valence-electron chi connectivity index (χ3n) is 4.08. The molecule has 0 bridgehead atoms. The van der Waals surface area contributed by atoms with Crippen molar-refractivity contribution in [1.82, 2.24) is 10.2 Å². The highest BCUT2D eigenvalue weighted by Crippen LogP contribution is 2.24. The molecule has 3 N–H and O–H groups in total. The lowest BCUT2D eigenvalue weighted by molar-refractivity contribution is 0.262. The Bertz CT molecular complexity index is 1080. The number of carbonyl (C=O) groups is 1. The molecule has 2 amide bonds. The highest BCUT2D eigenvalue weighted by Gasteiger charge is 2.08. The van der Waals surface area contributed by atoms with Crippen LogP contribution in [-0.2, 0) is 5.75 Å². The van der Waals surface area contributed by atoms with Crippen molar-refractivity contribution in [3.8, 4) is 11.3 Å². The second kappa shape index (κ2) is 8.93. The molecule has 0 atom stereocenters. The van der Waals surface area contributed by atoms with E-state index in [-0.39, 0.29) is 11.8 Å². The molecule has 8 heteroatoms. The number of aromatic nitrogens is 2. The molecule has 0 radical (unpaired) electrons. The number of rotatable bonds is 6. The number of benzene rings is 2. The molecule has 0 fully saturated rings. The van der Waals surface area contributed by atoms with Gasteiger partial charge in [0.2, 0.25) is 0 Å². The lowest BCUT2D eigenvalue weighted by atomic mass is 10.2. The Morgan fingerprint density at radius 2 is 1.86 bits per heavy atom. The van der Waals surface area contributed by atoms with Crippen LogP contribution in [0.2, 0.25) is 0 Å². The Morgan fingerprint density at radius 3 is 2.59 bits per heavy atom. The number of halogens is 1. The third-order valence-corrected chi connectivity index (χ3v) is 5.85. The lowest BCUT2D eigenvalue weighted by Crippen LogP contribution is -2.19. The van der Waals surface area contributed by atoms with E-state index in [1.807, 2.05) is 41.1 Å². The second-order valence-corrected chi connectivity index (χ2v) is 8.03. The van der Waals surface area contributed by atoms with Gasteiger partial charge in [0, 0.05) is 33.3 Å². The summed E-state index contributed by atoms with van der Waals surface area (Å²) in [4.78, 5) is 13.2. The molecule has 2 heterocycles. The highest BCUT2D eigenvalue weighted by atomic mass is 32.2. The number of anilines is 2. The number of H-pyrrole nitrogens is 1. The van der Waals surface area contributed by atoms with Crippen molar-refractivity contribution in [1.29, 1.82) is 0 Å². The quantitative estimate of drug-likeness (QED) is 0.322. The van der Waals surface area contributed by atoms with Gasteiger partial charge in [0.25, 0.3) is 0 Å². The van der Waals surface area contributed by atoms with Crippen LogP contribution in [0, 0.1) is 5.82 Å². The molecular formula is C21H17FN4OS2. The van der Waals surface area contributed by atoms with Crippen molar-refractivity contribution in [2.24, 2.45) is 0 Å². The number of hydrogen-bond acceptors (Lipinski definition) is 4. The van der Waals surface area contributed by atoms with Gasteiger partial charge in [0.15, 0.2) is 5.82 Å². The maximum absolute atomic E-state index is 12.9. The van der Waals surface area contributed by atoms with Gasteiger partial charge in [0.05, 0.1) is 5.69 Å². The number of nitrogens with zero attached hydrogens (tertiary/aromatic N) is 1. The minimum Gasteiger partial charge on any atom is -0.308 e. The molecule has 0 spiro atoms. The Hall–Kier alpha value is -3.10. The standard InChI is InChI=1S/C21H17FN4OS2/c22-16-3-7-18(8-4-16)29-12-14-1-5-17(6-2-14)23-21(27)24-20-11-19(25-26-20)15-9-10-28-13-15/h1-11,13H,12H2,(H3,23,24,25,26,27). The van der Waals surface area contributed by atoms with E-state index in [1.54, 1.807) is 41.3 Å². The lowest BCUT2D eigenvalue weighted by Gasteiger charge is -2.07. The summed E-state index contributed by atoms with van der Waals surface area (Å²) < 4.78 is 12.9. The molecule has 0 saturated carbocycles. The minimum atomic E-state index is -0.359. The van der Waals surface area contributed by atoms with Crippen LogP contribution in [0.4, 0.5) is 20.7 Å². The smallest absolute Gasteiger partial charge is 0.308 e. The maximum atomic E-state index is 12.9. The number of thioether (sulfide) groups is 1. The van der Waals surface area contributed by atoms with Gasteiger partial charge in [-0.05, 0) is 53.4 Å². The average molecular weight is 425 g/mol. The van der Waals surface area contributed by atoms with Crippen LogP contribution < -0.4 is 10.6 Å². The summed E-state index contributed by atoms with van der Waals surface area (Å²) in [6.07, 6.45) is 0. The van der Waals surface area contributed by atoms with E-state index in [1.165, 1.54) is 12.1 Å². The van der Waals surface area contributed by atoms with Crippen molar-refractivity contribution in [3.63, 3.8) is 0 Å². The van der Waals surface area contributed by atoms with Crippen LogP contribution in [0.5, 0.6) is 0 Å². The summed E-state index contributed by atoms with van der Waals surface area (Å²) in [6.45, 7) is 0. The van der Waals surface area contributed by atoms with Crippen LogP contribution in [0.25, 0.3) is 11.3 Å². The zero-order valence-electron chi connectivity index (χ0n) is 15.2. The first-order chi connectivity index (χ1) is 14.2. The van der Waals surface area contributed by atoms with E-state index in [9.17, 15) is 9.18 Å². The van der Waals surface area contributed by atoms with E-state index in [0.717, 1.165) is 27.5 Å². The Kier molecular flexibility index (Phi) is 5.92. The third kappa shape index (κ3) is 5.24. The predicted molar refractivity (Wildman–Crippen MR) is 117 cm³/mol. The molecule has 4 aromatic rings. The van der Waals surface area contributed by atoms with Gasteiger partial charge in [-0.15, -0.1) is 11.8 Å². The molecule has 0 aliphatic carbocycles. The number of hydrogen-bond donors (Lipinski definition) is 3. The summed E-state index contributed by atoms with van der Waals surface area (Å²) in [5.74, 6) is 0.980. The number of amides is 2. The molecule has 0 unspecified atom stereocenters. The van der Waals surface area contributed by atoms with Crippen molar-refractivity contribution < 1.29 is 9.18 Å². The fraction of sp³-hybridized carbons (Fsp3) is 0.0476. The molecule has 5 nitrogen and oxygen atoms in total. The van der Waals surface area contributed by atoms with Crippen molar-refractivity contribution >= 4 is 40.6 Å². The predicted octanol–water partition coefficient (Wildman–Crippen LogP) is 6.21. The first-order valence-electron chi connectivity index (χ1n) is 8.79. The summed E-state index contributed by atoms with van der Waals surface area (Å²) in [6, 6.07) is 17.5. The van der Waals surface area contributed by atoms with Crippen LogP contribution in [0.1, 0.15) is 5.56 Å². The van der Waals surface area contributed by atoms with Crippen LogP contribution in [-0.4, -0.2) is 16.2 Å². The zero-order valence-corrected chi connectivity index (χ0v) is 16.8. The van der Waals surface area contributed by atoms with E-state index in [2.05, 4.69) is 20.8 Å². The number of aromatic amines is 1. The van der Waals surface area contributed by atoms with Gasteiger partial charge in [-0.3, -0.25) is 10.4 Å². The van der Waals surface area contributed by atoms with Crippen LogP contribution in [0.15, 0.2) is 76.3 Å². The number of nitrogens with one attached hydrogen (secondary N) is 3. The first kappa shape index (κ1) is 19.2. The van der Waals surface area contributed by atoms with Crippen LogP contribution >= 0.6 is 23.1 Å². The molecule has 2 aromatic heterocycles. The molecule has 0 aliphatic heterocycles. The Labute approximate surface area is 175 Å². The Balaban J connectivity index is 1.29. The molecule has 2 aromatic carbocycles. The SMILES string of the molecule is O=C(Nc1ccc(CSc2ccc(F)cc2)cc1)Nc1cc(-c2ccsc2)[nH]n1. The van der Waals surface area contributed by atoms with E-state index in [4.69, 9.17) is 0 Å². The van der Waals surface area contributed by atoms with Gasteiger partial charge < -0.3 is 5.32 Å². The maximum Gasteiger partial charge on any atom is 0.324 e. The molecular weight excluding hydrogens is 407 g/mol. The summed E-state index contributed by atoms with van der Waals surface area (Å²) >= 11 is 3.23. The summed E-state index contributed by atoms with van der Waals surface area (Å²) in [5.41, 5.74) is 3.68. The average Bonchev–Trinajstić information content (AvgIpc) is 3.40. The topological polar surface area (TPSA) is 69.8 Å². The van der Waals surface area contributed by atoms with Crippen molar-refractivity contribution in [2.75, 3.05) is 10.6 Å². The fourth-order valence-electron chi connectivity index (χ4n) is 2.61. The van der Waals surface area contributed by atoms with E-state index < -0.39 is 0 Å². The largest absolute Gasteiger partial charge is 0.324 e. The highest BCUT2D eigenvalue weighted by molar-refractivity contribution is 7.98. The van der Waals surface area contributed by atoms with E-state index in [0.29, 0.717) is 11.5 Å². The van der Waals surface area contributed by atoms with Gasteiger partial charge in [0.1, 0.15) is 5.82 Å². The van der Waals surface area contributed by atoms with Crippen LogP contribution in [0.3, 0.4) is 0 Å². The Morgan fingerprint density at radius 1 is 1.07 bits per heavy atom. The van der Waals surface area contributed by atoms with Gasteiger partial charge in [-0.1, -0.05) is 12.1 Å². The van der Waals surface area contributed by atoms with Gasteiger partial charge in [-0.2, -0.15) is 16.4 Å². The molecule has 29 heavy (non-hydrogen) atoms. The van der Waals surface area contributed by atoms with Gasteiger partial charge in [-0.25, -0.2) is 9.18 Å². The molecule has 0 aliphatic rings. The number of urea groups is 1. The zero-order chi connectivity index (χ0) is 20.1. The molecule has 0 saturated heterocycles. The molecule has 4 rings (SSSR count). The summed E-state index contributed by atoms with van der Waals surface area (Å²) in [5, 5.41) is 16.5. The monoisotopic (exact) mass is 424 g/mol. The van der Waals surface area contributed by atoms with Crippen molar-refractivity contribution in [2.45, 2.75) is 10.6 Å². The fourth-order valence-corrected chi connectivity index (χ4v) is 4.12. The van der Waals surface area contributed by atoms with Crippen molar-refractivity contribution in [3.05, 3.63) is 82.8 Å². The summed E-state index contributed by atoms with van der Waals surface area (Å²) in [7, 11) is 0.